The van der Waals surface area contributed by atoms with E-state index in [2.05, 4.69) is 9.51 Å². The number of hydrogen-bond donors (Lipinski definition) is 3. The average Bonchev–Trinajstić information content (AvgIpc) is 2.76. The van der Waals surface area contributed by atoms with Crippen molar-refractivity contribution in [3.8, 4) is 0 Å². The van der Waals surface area contributed by atoms with Crippen molar-refractivity contribution in [2.24, 2.45) is 5.92 Å². The van der Waals surface area contributed by atoms with Crippen molar-refractivity contribution in [2.75, 3.05) is 13.7 Å². The minimum absolute atomic E-state index is 0.296. The number of nitrogens with zero attached hydrogens (tertiary/aromatic N) is 1. The fourth-order valence-electron chi connectivity index (χ4n) is 2.54. The highest BCUT2D eigenvalue weighted by molar-refractivity contribution is 7.46. The van der Waals surface area contributed by atoms with E-state index in [-0.39, 0.29) is 12.5 Å². The Bertz CT molecular complexity index is 723. The molecule has 0 unspecified atom stereocenters. The molecule has 130 valence electrons. The van der Waals surface area contributed by atoms with Crippen LogP contribution in [-0.4, -0.2) is 45.3 Å². The van der Waals surface area contributed by atoms with Gasteiger partial charge in [0.05, 0.1) is 12.7 Å². The molecule has 0 aliphatic carbocycles. The lowest BCUT2D eigenvalue weighted by atomic mass is 10.0. The molecule has 10 nitrogen and oxygen atoms in total. The standard InChI is InChI=1S/C12H19N2O8P/c1-6-4-14(12(16)13-10(6)15)11-9(20-3)7(2)8(22-11)5-21-23(17,18)19/h4,7-9,11H,5H2,1-3H3,(H,13,15,16)(H2,17,18,19)/t7-,8-,9+,11+/m0/s1. The van der Waals surface area contributed by atoms with E-state index in [0.717, 1.165) is 0 Å². The predicted molar refractivity (Wildman–Crippen MR) is 77.9 cm³/mol. The number of methoxy groups -OCH3 is 1. The summed E-state index contributed by atoms with van der Waals surface area (Å²) in [4.78, 5) is 43.2. The zero-order valence-corrected chi connectivity index (χ0v) is 13.7. The number of rotatable bonds is 5. The molecule has 1 aliphatic rings. The first kappa shape index (κ1) is 18.1. The van der Waals surface area contributed by atoms with Crippen molar-refractivity contribution < 1.29 is 28.3 Å². The van der Waals surface area contributed by atoms with Crippen molar-refractivity contribution in [1.29, 1.82) is 0 Å². The lowest BCUT2D eigenvalue weighted by molar-refractivity contribution is -0.0621. The van der Waals surface area contributed by atoms with Crippen LogP contribution in [0.15, 0.2) is 15.8 Å². The Kier molecular flexibility index (Phi) is 5.24. The third-order valence-electron chi connectivity index (χ3n) is 3.80. The second-order valence-corrected chi connectivity index (χ2v) is 6.63. The van der Waals surface area contributed by atoms with Crippen LogP contribution in [0.25, 0.3) is 0 Å². The molecule has 0 bridgehead atoms. The van der Waals surface area contributed by atoms with E-state index in [1.807, 2.05) is 0 Å². The van der Waals surface area contributed by atoms with Crippen LogP contribution in [0.5, 0.6) is 0 Å². The number of aromatic nitrogens is 2. The first-order valence-corrected chi connectivity index (χ1v) is 8.37. The number of phosphoric acid groups is 1. The highest BCUT2D eigenvalue weighted by Gasteiger charge is 2.44. The van der Waals surface area contributed by atoms with Crippen LogP contribution in [0, 0.1) is 12.8 Å². The molecule has 3 N–H and O–H groups in total. The number of hydrogen-bond acceptors (Lipinski definition) is 6. The zero-order chi connectivity index (χ0) is 17.4. The van der Waals surface area contributed by atoms with Crippen molar-refractivity contribution in [3.63, 3.8) is 0 Å². The van der Waals surface area contributed by atoms with Crippen molar-refractivity contribution in [1.82, 2.24) is 9.55 Å². The summed E-state index contributed by atoms with van der Waals surface area (Å²) < 4.78 is 27.5. The van der Waals surface area contributed by atoms with Gasteiger partial charge in [-0.3, -0.25) is 18.9 Å². The average molecular weight is 350 g/mol. The summed E-state index contributed by atoms with van der Waals surface area (Å²) >= 11 is 0. The van der Waals surface area contributed by atoms with Crippen LogP contribution >= 0.6 is 7.82 Å². The summed E-state index contributed by atoms with van der Waals surface area (Å²) in [5.41, 5.74) is -0.824. The topological polar surface area (TPSA) is 140 Å². The number of phosphoric ester groups is 1. The van der Waals surface area contributed by atoms with Gasteiger partial charge in [-0.1, -0.05) is 6.92 Å². The molecule has 0 radical (unpaired) electrons. The number of ether oxygens (including phenoxy) is 2. The van der Waals surface area contributed by atoms with Gasteiger partial charge in [0.15, 0.2) is 6.23 Å². The van der Waals surface area contributed by atoms with E-state index < -0.39 is 37.5 Å². The van der Waals surface area contributed by atoms with E-state index >= 15 is 0 Å². The maximum absolute atomic E-state index is 12.0. The van der Waals surface area contributed by atoms with Gasteiger partial charge in [0.1, 0.15) is 6.10 Å². The van der Waals surface area contributed by atoms with Crippen LogP contribution < -0.4 is 11.2 Å². The molecule has 2 heterocycles. The maximum Gasteiger partial charge on any atom is 0.469 e. The highest BCUT2D eigenvalue weighted by Crippen LogP contribution is 2.40. The molecule has 23 heavy (non-hydrogen) atoms. The van der Waals surface area contributed by atoms with Gasteiger partial charge < -0.3 is 19.3 Å². The molecule has 4 atom stereocenters. The van der Waals surface area contributed by atoms with Crippen LogP contribution in [0.4, 0.5) is 0 Å². The van der Waals surface area contributed by atoms with Gasteiger partial charge in [-0.15, -0.1) is 0 Å². The van der Waals surface area contributed by atoms with Gasteiger partial charge in [0.25, 0.3) is 5.56 Å². The van der Waals surface area contributed by atoms with Gasteiger partial charge in [-0.2, -0.15) is 0 Å². The van der Waals surface area contributed by atoms with Gasteiger partial charge >= 0.3 is 13.5 Å². The summed E-state index contributed by atoms with van der Waals surface area (Å²) in [6.07, 6.45) is -0.722. The third-order valence-corrected chi connectivity index (χ3v) is 4.28. The van der Waals surface area contributed by atoms with Gasteiger partial charge in [-0.25, -0.2) is 9.36 Å². The highest BCUT2D eigenvalue weighted by atomic mass is 31.2. The summed E-state index contributed by atoms with van der Waals surface area (Å²) in [5, 5.41) is 0. The van der Waals surface area contributed by atoms with Crippen LogP contribution in [0.2, 0.25) is 0 Å². The van der Waals surface area contributed by atoms with Crippen molar-refractivity contribution in [3.05, 3.63) is 32.6 Å². The summed E-state index contributed by atoms with van der Waals surface area (Å²) in [6, 6.07) is 0. The smallest absolute Gasteiger partial charge is 0.376 e. The fraction of sp³-hybridized carbons (Fsp3) is 0.667. The van der Waals surface area contributed by atoms with E-state index in [0.29, 0.717) is 5.56 Å². The quantitative estimate of drug-likeness (QED) is 0.604. The minimum Gasteiger partial charge on any atom is -0.376 e. The Morgan fingerprint density at radius 2 is 2.09 bits per heavy atom. The molecule has 0 saturated carbocycles. The van der Waals surface area contributed by atoms with Crippen molar-refractivity contribution in [2.45, 2.75) is 32.3 Å². The van der Waals surface area contributed by atoms with Gasteiger partial charge in [0.2, 0.25) is 0 Å². The third kappa shape index (κ3) is 3.97. The largest absolute Gasteiger partial charge is 0.469 e. The molecule has 11 heteroatoms. The SMILES string of the molecule is CO[C@@H]1[C@@H](C)[C@H](COP(=O)(O)O)O[C@H]1n1cc(C)c(=O)[nH]c1=O. The summed E-state index contributed by atoms with van der Waals surface area (Å²) in [5.74, 6) is -0.296. The lowest BCUT2D eigenvalue weighted by Gasteiger charge is -2.21. The predicted octanol–water partition coefficient (Wildman–Crippen LogP) is -0.497. The first-order valence-electron chi connectivity index (χ1n) is 6.84. The molecule has 1 aromatic rings. The van der Waals surface area contributed by atoms with Crippen molar-refractivity contribution >= 4 is 7.82 Å². The Hall–Kier alpha value is -1.29. The van der Waals surface area contributed by atoms with E-state index in [1.165, 1.54) is 17.9 Å². The van der Waals surface area contributed by atoms with Crippen LogP contribution in [-0.2, 0) is 18.6 Å². The monoisotopic (exact) mass is 350 g/mol. The molecular weight excluding hydrogens is 331 g/mol. The second-order valence-electron chi connectivity index (χ2n) is 5.39. The first-order chi connectivity index (χ1) is 10.6. The summed E-state index contributed by atoms with van der Waals surface area (Å²) in [7, 11) is -3.19. The lowest BCUT2D eigenvalue weighted by Crippen LogP contribution is -2.37. The fourth-order valence-corrected chi connectivity index (χ4v) is 2.88. The van der Waals surface area contributed by atoms with E-state index in [9.17, 15) is 14.2 Å². The maximum atomic E-state index is 12.0. The Morgan fingerprint density at radius 3 is 2.65 bits per heavy atom. The Labute approximate surface area is 131 Å². The zero-order valence-electron chi connectivity index (χ0n) is 12.8. The van der Waals surface area contributed by atoms with Gasteiger partial charge in [0, 0.05) is 24.8 Å². The molecule has 1 aliphatic heterocycles. The number of aromatic amines is 1. The van der Waals surface area contributed by atoms with E-state index in [4.69, 9.17) is 19.3 Å². The van der Waals surface area contributed by atoms with Crippen LogP contribution in [0.1, 0.15) is 18.7 Å². The second kappa shape index (κ2) is 6.68. The number of aryl methyl sites for hydroxylation is 1. The van der Waals surface area contributed by atoms with Gasteiger partial charge in [-0.05, 0) is 6.92 Å². The minimum atomic E-state index is -4.63. The molecule has 0 aromatic carbocycles. The molecular formula is C12H19N2O8P. The number of H-pyrrole nitrogens is 1. The number of nitrogens with one attached hydrogen (secondary N) is 1. The Balaban J connectivity index is 2.29. The normalized spacial score (nSPS) is 28.2. The van der Waals surface area contributed by atoms with Crippen LogP contribution in [0.3, 0.4) is 0 Å². The molecule has 0 spiro atoms. The Morgan fingerprint density at radius 1 is 1.43 bits per heavy atom. The summed E-state index contributed by atoms with van der Waals surface area (Å²) in [6.45, 7) is 2.95. The molecule has 0 amide bonds. The molecule has 1 aromatic heterocycles. The molecule has 2 rings (SSSR count). The van der Waals surface area contributed by atoms with E-state index in [1.54, 1.807) is 13.8 Å². The molecule has 1 saturated heterocycles. The molecule has 1 fully saturated rings.